The predicted molar refractivity (Wildman–Crippen MR) is 117 cm³/mol. The second-order valence-corrected chi connectivity index (χ2v) is 9.48. The Kier molecular flexibility index (Phi) is 6.60. The van der Waals surface area contributed by atoms with Gasteiger partial charge in [0.1, 0.15) is 5.54 Å². The predicted octanol–water partition coefficient (Wildman–Crippen LogP) is 2.71. The Morgan fingerprint density at radius 2 is 1.88 bits per heavy atom. The number of hydrogen-bond donors (Lipinski definition) is 4. The molecule has 2 aromatic carbocycles. The van der Waals surface area contributed by atoms with E-state index in [-0.39, 0.29) is 17.1 Å². The van der Waals surface area contributed by atoms with E-state index in [4.69, 9.17) is 11.6 Å². The van der Waals surface area contributed by atoms with Crippen molar-refractivity contribution in [2.75, 3.05) is 12.4 Å². The van der Waals surface area contributed by atoms with E-state index in [9.17, 15) is 26.9 Å². The summed E-state index contributed by atoms with van der Waals surface area (Å²) in [7, 11) is -2.50. The minimum Gasteiger partial charge on any atom is -0.397 e. The van der Waals surface area contributed by atoms with Crippen molar-refractivity contribution < 1.29 is 21.6 Å². The fourth-order valence-electron chi connectivity index (χ4n) is 3.10. The van der Waals surface area contributed by atoms with Crippen LogP contribution in [0.25, 0.3) is 5.70 Å². The summed E-state index contributed by atoms with van der Waals surface area (Å²) in [5, 5.41) is 13.6. The van der Waals surface area contributed by atoms with Gasteiger partial charge in [-0.1, -0.05) is 12.1 Å². The molecule has 1 fully saturated rings. The number of hydrogen-bond acceptors (Lipinski definition) is 7. The monoisotopic (exact) mass is 480 g/mol. The maximum absolute atomic E-state index is 12.8. The summed E-state index contributed by atoms with van der Waals surface area (Å²) in [4.78, 5) is -0.0404. The highest BCUT2D eigenvalue weighted by Crippen LogP contribution is 2.40. The van der Waals surface area contributed by atoms with E-state index in [1.54, 1.807) is 0 Å². The quantitative estimate of drug-likeness (QED) is 0.337. The molecule has 0 radical (unpaired) electrons. The first-order valence-corrected chi connectivity index (χ1v) is 11.3. The van der Waals surface area contributed by atoms with Gasteiger partial charge in [0.15, 0.2) is 0 Å². The van der Waals surface area contributed by atoms with E-state index < -0.39 is 27.3 Å². The molecule has 1 aliphatic carbocycles. The molecular formula is C21H23F3N6O2S. The highest BCUT2D eigenvalue weighted by Gasteiger charge is 2.47. The van der Waals surface area contributed by atoms with Crippen molar-refractivity contribution in [2.45, 2.75) is 36.0 Å². The van der Waals surface area contributed by atoms with E-state index in [1.807, 2.05) is 0 Å². The number of hydrazine groups is 1. The second kappa shape index (κ2) is 8.93. The Hall–Kier alpha value is -3.27. The molecule has 0 aromatic heterocycles. The van der Waals surface area contributed by atoms with Gasteiger partial charge in [-0.3, -0.25) is 5.01 Å². The summed E-state index contributed by atoms with van der Waals surface area (Å²) >= 11 is 0. The lowest BCUT2D eigenvalue weighted by Gasteiger charge is -2.21. The summed E-state index contributed by atoms with van der Waals surface area (Å²) < 4.78 is 65.0. The Labute approximate surface area is 189 Å². The molecule has 3 rings (SSSR count). The van der Waals surface area contributed by atoms with Gasteiger partial charge in [-0.05, 0) is 55.8 Å². The number of nitrogens with one attached hydrogen (secondary N) is 2. The largest absolute Gasteiger partial charge is 0.416 e. The summed E-state index contributed by atoms with van der Waals surface area (Å²) in [6.45, 7) is 0.158. The van der Waals surface area contributed by atoms with E-state index >= 15 is 0 Å². The lowest BCUT2D eigenvalue weighted by Crippen LogP contribution is -2.38. The van der Waals surface area contributed by atoms with E-state index in [0.29, 0.717) is 29.7 Å². The molecule has 1 aliphatic rings. The first-order valence-electron chi connectivity index (χ1n) is 9.82. The molecule has 0 spiro atoms. The summed E-state index contributed by atoms with van der Waals surface area (Å²) in [5.41, 5.74) is 6.06. The Balaban J connectivity index is 1.91. The molecule has 0 atom stereocenters. The molecule has 8 nitrogen and oxygen atoms in total. The van der Waals surface area contributed by atoms with Crippen molar-refractivity contribution in [3.63, 3.8) is 0 Å². The zero-order chi connectivity index (χ0) is 24.4. The smallest absolute Gasteiger partial charge is 0.397 e. The maximum atomic E-state index is 12.8. The molecule has 33 heavy (non-hydrogen) atoms. The van der Waals surface area contributed by atoms with Crippen LogP contribution in [0.15, 0.2) is 53.6 Å². The number of anilines is 1. The van der Waals surface area contributed by atoms with E-state index in [1.165, 1.54) is 48.6 Å². The zero-order valence-electron chi connectivity index (χ0n) is 17.6. The van der Waals surface area contributed by atoms with Crippen molar-refractivity contribution in [3.8, 4) is 6.07 Å². The van der Waals surface area contributed by atoms with Crippen LogP contribution in [0.5, 0.6) is 0 Å². The van der Waals surface area contributed by atoms with Crippen molar-refractivity contribution in [3.05, 3.63) is 65.4 Å². The van der Waals surface area contributed by atoms with Gasteiger partial charge in [0, 0.05) is 24.0 Å². The van der Waals surface area contributed by atoms with Crippen LogP contribution in [0.2, 0.25) is 0 Å². The average Bonchev–Trinajstić information content (AvgIpc) is 3.58. The lowest BCUT2D eigenvalue weighted by molar-refractivity contribution is -0.137. The number of sulfonamides is 1. The fourth-order valence-corrected chi connectivity index (χ4v) is 3.86. The molecule has 0 amide bonds. The third kappa shape index (κ3) is 5.39. The number of halogens is 3. The Morgan fingerprint density at radius 3 is 2.39 bits per heavy atom. The van der Waals surface area contributed by atoms with Crippen LogP contribution in [0.3, 0.4) is 0 Å². The Bertz CT molecular complexity index is 1200. The summed E-state index contributed by atoms with van der Waals surface area (Å²) in [5.74, 6) is 5.99. The second-order valence-electron chi connectivity index (χ2n) is 7.60. The molecule has 0 aliphatic heterocycles. The lowest BCUT2D eigenvalue weighted by atomic mass is 10.1. The van der Waals surface area contributed by atoms with Crippen molar-refractivity contribution in [1.82, 2.24) is 9.73 Å². The minimum atomic E-state index is -4.43. The van der Waals surface area contributed by atoms with Gasteiger partial charge in [-0.25, -0.2) is 19.0 Å². The highest BCUT2D eigenvalue weighted by molar-refractivity contribution is 7.89. The van der Waals surface area contributed by atoms with Crippen LogP contribution in [0.1, 0.15) is 29.5 Å². The third-order valence-corrected chi connectivity index (χ3v) is 6.76. The standard InChI is InChI=1S/C21H23F3N6O2S/c1-28-33(31,32)16-6-7-19(29-11-14-2-4-15(5-3-14)21(22,23)24)17(10-16)18(26)12-30(27)20(13-25)8-9-20/h2-7,10,12,28-29H,8-9,11,26-27H2,1H3/b18-12-. The third-order valence-electron chi connectivity index (χ3n) is 5.35. The van der Waals surface area contributed by atoms with Crippen LogP contribution in [0.4, 0.5) is 18.9 Å². The highest BCUT2D eigenvalue weighted by atomic mass is 32.2. The van der Waals surface area contributed by atoms with Gasteiger partial charge in [0.05, 0.1) is 22.2 Å². The van der Waals surface area contributed by atoms with Gasteiger partial charge < -0.3 is 11.1 Å². The van der Waals surface area contributed by atoms with Crippen molar-refractivity contribution in [2.24, 2.45) is 11.6 Å². The molecule has 0 heterocycles. The molecule has 0 unspecified atom stereocenters. The van der Waals surface area contributed by atoms with Gasteiger partial charge in [-0.2, -0.15) is 18.4 Å². The first kappa shape index (κ1) is 24.4. The number of rotatable bonds is 8. The van der Waals surface area contributed by atoms with Gasteiger partial charge in [0.25, 0.3) is 0 Å². The minimum absolute atomic E-state index is 0.0404. The average molecular weight is 481 g/mol. The first-order chi connectivity index (χ1) is 15.4. The van der Waals surface area contributed by atoms with Gasteiger partial charge in [-0.15, -0.1) is 0 Å². The van der Waals surface area contributed by atoms with Crippen LogP contribution < -0.4 is 21.6 Å². The Morgan fingerprint density at radius 1 is 1.24 bits per heavy atom. The molecule has 6 N–H and O–H groups in total. The van der Waals surface area contributed by atoms with Gasteiger partial charge >= 0.3 is 6.18 Å². The van der Waals surface area contributed by atoms with E-state index in [2.05, 4.69) is 16.1 Å². The van der Waals surface area contributed by atoms with Crippen LogP contribution in [-0.4, -0.2) is 26.0 Å². The summed E-state index contributed by atoms with van der Waals surface area (Å²) in [6, 6.07) is 11.0. The molecule has 0 bridgehead atoms. The normalized spacial score (nSPS) is 15.6. The van der Waals surface area contributed by atoms with Crippen LogP contribution >= 0.6 is 0 Å². The number of nitrogens with two attached hydrogens (primary N) is 2. The molecule has 176 valence electrons. The zero-order valence-corrected chi connectivity index (χ0v) is 18.5. The van der Waals surface area contributed by atoms with Crippen molar-refractivity contribution >= 4 is 21.4 Å². The number of benzene rings is 2. The number of nitrogens with zero attached hydrogens (tertiary/aromatic N) is 2. The number of alkyl halides is 3. The maximum Gasteiger partial charge on any atom is 0.416 e. The summed E-state index contributed by atoms with van der Waals surface area (Å²) in [6.07, 6.45) is -1.90. The SMILES string of the molecule is CNS(=O)(=O)c1ccc(NCc2ccc(C(F)(F)F)cc2)c(/C(N)=C/N(N)C2(C#N)CC2)c1. The van der Waals surface area contributed by atoms with Crippen molar-refractivity contribution in [1.29, 1.82) is 5.26 Å². The molecular weight excluding hydrogens is 457 g/mol. The topological polar surface area (TPSA) is 137 Å². The van der Waals surface area contributed by atoms with Gasteiger partial charge in [0.2, 0.25) is 10.0 Å². The fraction of sp³-hybridized carbons (Fsp3) is 0.286. The van der Waals surface area contributed by atoms with Crippen LogP contribution in [0, 0.1) is 11.3 Å². The van der Waals surface area contributed by atoms with Crippen LogP contribution in [-0.2, 0) is 22.7 Å². The molecule has 12 heteroatoms. The molecule has 1 saturated carbocycles. The van der Waals surface area contributed by atoms with E-state index in [0.717, 1.165) is 12.1 Å². The molecule has 0 saturated heterocycles. The number of nitriles is 1. The molecule has 2 aromatic rings.